The number of piperidine rings is 1. The largest absolute Gasteiger partial charge is 0.454 e. The zero-order chi connectivity index (χ0) is 17.7. The number of carbonyl (C=O) groups is 1. The van der Waals surface area contributed by atoms with Crippen LogP contribution in [-0.2, 0) is 4.74 Å². The number of fused-ring (bicyclic) bond motifs is 1. The molecule has 0 unspecified atom stereocenters. The molecule has 0 bridgehead atoms. The molecule has 1 amide bonds. The summed E-state index contributed by atoms with van der Waals surface area (Å²) < 4.78 is 16.6. The predicted octanol–water partition coefficient (Wildman–Crippen LogP) is 1.91. The third-order valence-corrected chi connectivity index (χ3v) is 6.19. The topological polar surface area (TPSA) is 54.5 Å². The summed E-state index contributed by atoms with van der Waals surface area (Å²) in [4.78, 5) is 18.4. The van der Waals surface area contributed by atoms with Gasteiger partial charge in [-0.15, -0.1) is 0 Å². The lowest BCUT2D eigenvalue weighted by Crippen LogP contribution is -2.46. The number of likely N-dealkylation sites (N-methyl/N-ethyl adjacent to an activating group) is 1. The lowest BCUT2D eigenvalue weighted by atomic mass is 10.0. The smallest absolute Gasteiger partial charge is 0.410 e. The van der Waals surface area contributed by atoms with Crippen LogP contribution in [0.2, 0.25) is 0 Å². The standard InChI is InChI=1S/C19H25N3O4/c1-20-11-19(26-18(20)23)6-9-22(12-19)14-4-7-21(8-5-14)15-2-3-16-17(10-15)25-13-24-16/h2-3,10,14H,4-9,11-13H2,1H3/t19-/m1/s1. The van der Waals surface area contributed by atoms with Gasteiger partial charge in [0.15, 0.2) is 11.5 Å². The van der Waals surface area contributed by atoms with Gasteiger partial charge in [0.2, 0.25) is 6.79 Å². The van der Waals surface area contributed by atoms with Crippen molar-refractivity contribution in [2.75, 3.05) is 51.5 Å². The van der Waals surface area contributed by atoms with Crippen LogP contribution in [0.1, 0.15) is 19.3 Å². The fraction of sp³-hybridized carbons (Fsp3) is 0.632. The Morgan fingerprint density at radius 3 is 2.65 bits per heavy atom. The van der Waals surface area contributed by atoms with Gasteiger partial charge >= 0.3 is 6.09 Å². The number of ether oxygens (including phenoxy) is 3. The Morgan fingerprint density at radius 1 is 1.08 bits per heavy atom. The second kappa shape index (κ2) is 5.94. The number of anilines is 1. The average Bonchev–Trinajstić information content (AvgIpc) is 3.34. The highest BCUT2D eigenvalue weighted by Gasteiger charge is 2.49. The molecule has 5 rings (SSSR count). The summed E-state index contributed by atoms with van der Waals surface area (Å²) >= 11 is 0. The van der Waals surface area contributed by atoms with E-state index in [1.165, 1.54) is 5.69 Å². The second-order valence-corrected chi connectivity index (χ2v) is 7.88. The number of carbonyl (C=O) groups excluding carboxylic acids is 1. The highest BCUT2D eigenvalue weighted by molar-refractivity contribution is 5.70. The first-order valence-corrected chi connectivity index (χ1v) is 9.45. The summed E-state index contributed by atoms with van der Waals surface area (Å²) in [5.41, 5.74) is 0.928. The van der Waals surface area contributed by atoms with Crippen LogP contribution in [0.4, 0.5) is 10.5 Å². The van der Waals surface area contributed by atoms with Crippen molar-refractivity contribution in [3.63, 3.8) is 0 Å². The van der Waals surface area contributed by atoms with E-state index in [2.05, 4.69) is 21.9 Å². The van der Waals surface area contributed by atoms with Crippen LogP contribution in [0.25, 0.3) is 0 Å². The molecule has 1 atom stereocenters. The third kappa shape index (κ3) is 2.65. The third-order valence-electron chi connectivity index (χ3n) is 6.19. The van der Waals surface area contributed by atoms with Gasteiger partial charge in [0.1, 0.15) is 5.60 Å². The molecule has 0 saturated carbocycles. The van der Waals surface area contributed by atoms with Crippen molar-refractivity contribution in [1.29, 1.82) is 0 Å². The Hall–Kier alpha value is -2.15. The van der Waals surface area contributed by atoms with Gasteiger partial charge in [-0.1, -0.05) is 0 Å². The van der Waals surface area contributed by atoms with Crippen molar-refractivity contribution < 1.29 is 19.0 Å². The predicted molar refractivity (Wildman–Crippen MR) is 95.8 cm³/mol. The molecule has 4 heterocycles. The van der Waals surface area contributed by atoms with E-state index in [1.54, 1.807) is 4.90 Å². The minimum Gasteiger partial charge on any atom is -0.454 e. The molecule has 4 aliphatic rings. The molecule has 1 aromatic carbocycles. The molecular weight excluding hydrogens is 334 g/mol. The first-order chi connectivity index (χ1) is 12.6. The second-order valence-electron chi connectivity index (χ2n) is 7.88. The quantitative estimate of drug-likeness (QED) is 0.804. The van der Waals surface area contributed by atoms with E-state index in [4.69, 9.17) is 14.2 Å². The number of nitrogens with zero attached hydrogens (tertiary/aromatic N) is 3. The fourth-order valence-electron chi connectivity index (χ4n) is 4.76. The lowest BCUT2D eigenvalue weighted by molar-refractivity contribution is 0.0566. The summed E-state index contributed by atoms with van der Waals surface area (Å²) in [6.07, 6.45) is 3.04. The van der Waals surface area contributed by atoms with E-state index in [-0.39, 0.29) is 11.7 Å². The van der Waals surface area contributed by atoms with Crippen molar-refractivity contribution in [3.05, 3.63) is 18.2 Å². The Balaban J connectivity index is 1.20. The Bertz CT molecular complexity index is 719. The summed E-state index contributed by atoms with van der Waals surface area (Å²) in [6, 6.07) is 6.77. The Morgan fingerprint density at radius 2 is 1.88 bits per heavy atom. The molecule has 4 aliphatic heterocycles. The molecule has 1 aromatic rings. The zero-order valence-corrected chi connectivity index (χ0v) is 15.1. The fourth-order valence-corrected chi connectivity index (χ4v) is 4.76. The zero-order valence-electron chi connectivity index (χ0n) is 15.1. The number of hydrogen-bond acceptors (Lipinski definition) is 6. The van der Waals surface area contributed by atoms with E-state index in [0.717, 1.165) is 63.5 Å². The van der Waals surface area contributed by atoms with Gasteiger partial charge in [0.05, 0.1) is 6.54 Å². The number of benzene rings is 1. The number of likely N-dealkylation sites (tertiary alicyclic amines) is 1. The molecule has 1 spiro atoms. The maximum Gasteiger partial charge on any atom is 0.410 e. The highest BCUT2D eigenvalue weighted by Crippen LogP contribution is 2.37. The monoisotopic (exact) mass is 359 g/mol. The molecule has 0 aromatic heterocycles. The molecule has 0 aliphatic carbocycles. The average molecular weight is 359 g/mol. The number of amides is 1. The van der Waals surface area contributed by atoms with Gasteiger partial charge < -0.3 is 24.0 Å². The number of hydrogen-bond donors (Lipinski definition) is 0. The molecule has 7 heteroatoms. The van der Waals surface area contributed by atoms with Gasteiger partial charge in [-0.05, 0) is 25.0 Å². The van der Waals surface area contributed by atoms with E-state index in [1.807, 2.05) is 13.1 Å². The molecular formula is C19H25N3O4. The van der Waals surface area contributed by atoms with E-state index >= 15 is 0 Å². The summed E-state index contributed by atoms with van der Waals surface area (Å²) in [5, 5.41) is 0. The van der Waals surface area contributed by atoms with Crippen molar-refractivity contribution >= 4 is 11.8 Å². The van der Waals surface area contributed by atoms with E-state index < -0.39 is 0 Å². The van der Waals surface area contributed by atoms with E-state index in [0.29, 0.717) is 12.8 Å². The van der Waals surface area contributed by atoms with Crippen LogP contribution in [0.15, 0.2) is 18.2 Å². The van der Waals surface area contributed by atoms with Crippen LogP contribution in [0.3, 0.4) is 0 Å². The first kappa shape index (κ1) is 16.1. The number of rotatable bonds is 2. The van der Waals surface area contributed by atoms with Crippen molar-refractivity contribution in [2.45, 2.75) is 30.9 Å². The van der Waals surface area contributed by atoms with Gasteiger partial charge in [-0.3, -0.25) is 4.90 Å². The Kier molecular flexibility index (Phi) is 3.67. The highest BCUT2D eigenvalue weighted by atomic mass is 16.7. The summed E-state index contributed by atoms with van der Waals surface area (Å²) in [5.74, 6) is 1.68. The normalized spacial score (nSPS) is 29.0. The van der Waals surface area contributed by atoms with Crippen molar-refractivity contribution in [1.82, 2.24) is 9.80 Å². The van der Waals surface area contributed by atoms with Gasteiger partial charge in [0.25, 0.3) is 0 Å². The SMILES string of the molecule is CN1C[C@@]2(CCN(C3CCN(c4ccc5c(c4)OCO5)CC3)C2)OC1=O. The molecule has 140 valence electrons. The molecule has 3 saturated heterocycles. The lowest BCUT2D eigenvalue weighted by Gasteiger charge is -2.38. The molecule has 26 heavy (non-hydrogen) atoms. The van der Waals surface area contributed by atoms with Gasteiger partial charge in [0, 0.05) is 57.4 Å². The van der Waals surface area contributed by atoms with Crippen LogP contribution in [0, 0.1) is 0 Å². The summed E-state index contributed by atoms with van der Waals surface area (Å²) in [7, 11) is 1.82. The molecule has 0 N–H and O–H groups in total. The van der Waals surface area contributed by atoms with Crippen molar-refractivity contribution in [3.8, 4) is 11.5 Å². The maximum atomic E-state index is 11.8. The van der Waals surface area contributed by atoms with Crippen LogP contribution in [0.5, 0.6) is 11.5 Å². The van der Waals surface area contributed by atoms with Crippen LogP contribution in [-0.4, -0.2) is 74.1 Å². The van der Waals surface area contributed by atoms with E-state index in [9.17, 15) is 4.79 Å². The minimum absolute atomic E-state index is 0.176. The van der Waals surface area contributed by atoms with Gasteiger partial charge in [-0.25, -0.2) is 4.79 Å². The van der Waals surface area contributed by atoms with Crippen molar-refractivity contribution in [2.24, 2.45) is 0 Å². The molecule has 7 nitrogen and oxygen atoms in total. The molecule has 3 fully saturated rings. The summed E-state index contributed by atoms with van der Waals surface area (Å²) in [6.45, 7) is 5.00. The van der Waals surface area contributed by atoms with Crippen LogP contribution < -0.4 is 14.4 Å². The Labute approximate surface area is 153 Å². The minimum atomic E-state index is -0.277. The van der Waals surface area contributed by atoms with Crippen LogP contribution >= 0.6 is 0 Å². The first-order valence-electron chi connectivity index (χ1n) is 9.45. The molecule has 0 radical (unpaired) electrons. The van der Waals surface area contributed by atoms with Gasteiger partial charge in [-0.2, -0.15) is 0 Å². The maximum absolute atomic E-state index is 11.8.